The largest absolute Gasteiger partial charge is 0.497 e. The highest BCUT2D eigenvalue weighted by Crippen LogP contribution is 2.28. The number of halogens is 1. The maximum Gasteiger partial charge on any atom is 0.409 e. The first-order valence-corrected chi connectivity index (χ1v) is 12.7. The van der Waals surface area contributed by atoms with E-state index in [0.717, 1.165) is 49.4 Å². The summed E-state index contributed by atoms with van der Waals surface area (Å²) >= 11 is 5.96. The lowest BCUT2D eigenvalue weighted by Gasteiger charge is -2.41. The summed E-state index contributed by atoms with van der Waals surface area (Å²) in [4.78, 5) is 30.0. The molecule has 0 aromatic heterocycles. The molecule has 2 atom stereocenters. The average molecular weight is 517 g/mol. The third-order valence-electron chi connectivity index (χ3n) is 7.03. The normalized spacial score (nSPS) is 20.8. The molecule has 0 saturated carbocycles. The molecule has 1 amide bonds. The second-order valence-electron chi connectivity index (χ2n) is 9.43. The van der Waals surface area contributed by atoms with E-state index < -0.39 is 4.92 Å². The molecule has 9 nitrogen and oxygen atoms in total. The number of hydrogen-bond acceptors (Lipinski definition) is 7. The molecule has 2 saturated heterocycles. The van der Waals surface area contributed by atoms with E-state index in [-0.39, 0.29) is 28.9 Å². The Morgan fingerprint density at radius 1 is 1.14 bits per heavy atom. The van der Waals surface area contributed by atoms with Crippen LogP contribution >= 0.6 is 11.6 Å². The van der Waals surface area contributed by atoms with Crippen LogP contribution in [0.25, 0.3) is 0 Å². The summed E-state index contributed by atoms with van der Waals surface area (Å²) in [5.74, 6) is 0.819. The van der Waals surface area contributed by atoms with Crippen molar-refractivity contribution in [1.82, 2.24) is 9.80 Å². The molecule has 0 bridgehead atoms. The first-order valence-electron chi connectivity index (χ1n) is 12.3. The number of nitro groups is 1. The SMILES string of the molecule is COc1ccc(N2CCN(C(=O)OCC3CCCCN3Cc3ccc(Cl)c([N+](=O)[O-])c3)CC2C)cc1. The van der Waals surface area contributed by atoms with Gasteiger partial charge < -0.3 is 19.3 Å². The molecule has 2 aliphatic rings. The lowest BCUT2D eigenvalue weighted by molar-refractivity contribution is -0.384. The number of rotatable bonds is 7. The highest BCUT2D eigenvalue weighted by Gasteiger charge is 2.30. The van der Waals surface area contributed by atoms with Crippen LogP contribution in [0.3, 0.4) is 0 Å². The fourth-order valence-electron chi connectivity index (χ4n) is 5.03. The quantitative estimate of drug-likeness (QED) is 0.379. The Kier molecular flexibility index (Phi) is 8.53. The number of benzene rings is 2. The van der Waals surface area contributed by atoms with Crippen molar-refractivity contribution in [3.05, 3.63) is 63.2 Å². The molecule has 2 aromatic carbocycles. The van der Waals surface area contributed by atoms with Gasteiger partial charge in [0, 0.05) is 50.0 Å². The number of nitrogens with zero attached hydrogens (tertiary/aromatic N) is 4. The van der Waals surface area contributed by atoms with E-state index in [4.69, 9.17) is 21.1 Å². The Labute approximate surface area is 216 Å². The Bertz CT molecular complexity index is 1070. The predicted octanol–water partition coefficient (Wildman–Crippen LogP) is 4.96. The minimum atomic E-state index is -0.462. The van der Waals surface area contributed by atoms with Crippen LogP contribution in [0.2, 0.25) is 5.02 Å². The fourth-order valence-corrected chi connectivity index (χ4v) is 5.21. The smallest absolute Gasteiger partial charge is 0.409 e. The molecule has 0 N–H and O–H groups in total. The molecule has 2 fully saturated rings. The maximum atomic E-state index is 12.9. The van der Waals surface area contributed by atoms with E-state index in [1.165, 1.54) is 6.07 Å². The van der Waals surface area contributed by atoms with Gasteiger partial charge in [0.2, 0.25) is 0 Å². The minimum absolute atomic E-state index is 0.0791. The molecule has 0 spiro atoms. The van der Waals surface area contributed by atoms with Crippen molar-refractivity contribution >= 4 is 29.1 Å². The monoisotopic (exact) mass is 516 g/mol. The molecule has 0 radical (unpaired) electrons. The van der Waals surface area contributed by atoms with Crippen molar-refractivity contribution in [3.8, 4) is 5.75 Å². The van der Waals surface area contributed by atoms with E-state index in [1.807, 2.05) is 30.3 Å². The highest BCUT2D eigenvalue weighted by atomic mass is 35.5. The summed E-state index contributed by atoms with van der Waals surface area (Å²) in [6, 6.07) is 13.1. The molecule has 36 heavy (non-hydrogen) atoms. The summed E-state index contributed by atoms with van der Waals surface area (Å²) in [5.41, 5.74) is 1.85. The number of carbonyl (C=O) groups is 1. The predicted molar refractivity (Wildman–Crippen MR) is 139 cm³/mol. The number of amides is 1. The maximum absolute atomic E-state index is 12.9. The number of likely N-dealkylation sites (tertiary alicyclic amines) is 1. The van der Waals surface area contributed by atoms with Gasteiger partial charge in [0.1, 0.15) is 17.4 Å². The van der Waals surface area contributed by atoms with E-state index in [9.17, 15) is 14.9 Å². The van der Waals surface area contributed by atoms with Crippen LogP contribution in [0.4, 0.5) is 16.2 Å². The van der Waals surface area contributed by atoms with Gasteiger partial charge in [0.05, 0.1) is 12.0 Å². The molecule has 2 heterocycles. The zero-order valence-electron chi connectivity index (χ0n) is 20.8. The van der Waals surface area contributed by atoms with Crippen molar-refractivity contribution in [2.24, 2.45) is 0 Å². The van der Waals surface area contributed by atoms with E-state index >= 15 is 0 Å². The zero-order valence-corrected chi connectivity index (χ0v) is 21.5. The van der Waals surface area contributed by atoms with E-state index in [0.29, 0.717) is 26.2 Å². The van der Waals surface area contributed by atoms with Gasteiger partial charge in [0.15, 0.2) is 0 Å². The summed E-state index contributed by atoms with van der Waals surface area (Å²) in [6.45, 7) is 5.74. The number of carbonyl (C=O) groups excluding carboxylic acids is 1. The lowest BCUT2D eigenvalue weighted by atomic mass is 10.0. The lowest BCUT2D eigenvalue weighted by Crippen LogP contribution is -2.54. The molecule has 10 heteroatoms. The summed E-state index contributed by atoms with van der Waals surface area (Å²) in [6.07, 6.45) is 2.75. The van der Waals surface area contributed by atoms with Crippen molar-refractivity contribution in [3.63, 3.8) is 0 Å². The Morgan fingerprint density at radius 3 is 2.61 bits per heavy atom. The zero-order chi connectivity index (χ0) is 25.7. The number of ether oxygens (including phenoxy) is 2. The highest BCUT2D eigenvalue weighted by molar-refractivity contribution is 6.32. The van der Waals surface area contributed by atoms with Crippen molar-refractivity contribution in [2.75, 3.05) is 44.8 Å². The molecule has 4 rings (SSSR count). The topological polar surface area (TPSA) is 88.4 Å². The molecule has 194 valence electrons. The molecular weight excluding hydrogens is 484 g/mol. The van der Waals surface area contributed by atoms with Crippen LogP contribution in [0, 0.1) is 10.1 Å². The van der Waals surface area contributed by atoms with E-state index in [2.05, 4.69) is 16.7 Å². The first kappa shape index (κ1) is 26.0. The van der Waals surface area contributed by atoms with Crippen LogP contribution in [-0.2, 0) is 11.3 Å². The van der Waals surface area contributed by atoms with Crippen molar-refractivity contribution < 1.29 is 19.2 Å². The van der Waals surface area contributed by atoms with Crippen molar-refractivity contribution in [2.45, 2.75) is 44.8 Å². The number of piperazine rings is 1. The Hall–Kier alpha value is -3.04. The summed E-state index contributed by atoms with van der Waals surface area (Å²) < 4.78 is 11.0. The molecular formula is C26H33ClN4O5. The van der Waals surface area contributed by atoms with Gasteiger partial charge in [-0.05, 0) is 62.2 Å². The fraction of sp³-hybridized carbons (Fsp3) is 0.500. The average Bonchev–Trinajstić information content (AvgIpc) is 2.89. The second-order valence-corrected chi connectivity index (χ2v) is 9.83. The Morgan fingerprint density at radius 2 is 1.92 bits per heavy atom. The third-order valence-corrected chi connectivity index (χ3v) is 7.35. The summed E-state index contributed by atoms with van der Waals surface area (Å²) in [7, 11) is 1.65. The number of nitro benzene ring substituents is 1. The van der Waals surface area contributed by atoms with Crippen LogP contribution in [0.5, 0.6) is 5.75 Å². The van der Waals surface area contributed by atoms with Crippen molar-refractivity contribution in [1.29, 1.82) is 0 Å². The third kappa shape index (κ3) is 6.20. The number of hydrogen-bond donors (Lipinski definition) is 0. The molecule has 0 aliphatic carbocycles. The van der Waals surface area contributed by atoms with Gasteiger partial charge >= 0.3 is 6.09 Å². The second kappa shape index (κ2) is 11.8. The first-order chi connectivity index (χ1) is 17.4. The standard InChI is InChI=1S/C26H33ClN4O5/c1-19-16-29(13-14-30(19)21-7-9-23(35-2)10-8-21)26(32)36-18-22-5-3-4-12-28(22)17-20-6-11-24(27)25(15-20)31(33)34/h6-11,15,19,22H,3-5,12-14,16-18H2,1-2H3. The van der Waals surface area contributed by atoms with Crippen LogP contribution in [0.15, 0.2) is 42.5 Å². The molecule has 2 aliphatic heterocycles. The minimum Gasteiger partial charge on any atom is -0.497 e. The summed E-state index contributed by atoms with van der Waals surface area (Å²) in [5, 5.41) is 11.4. The van der Waals surface area contributed by atoms with Gasteiger partial charge in [-0.25, -0.2) is 4.79 Å². The number of piperidine rings is 1. The number of anilines is 1. The van der Waals surface area contributed by atoms with Crippen LogP contribution in [0.1, 0.15) is 31.7 Å². The molecule has 2 aromatic rings. The Balaban J connectivity index is 1.31. The molecule has 2 unspecified atom stereocenters. The van der Waals surface area contributed by atoms with Crippen LogP contribution in [-0.4, -0.2) is 72.8 Å². The van der Waals surface area contributed by atoms with Gasteiger partial charge in [-0.2, -0.15) is 0 Å². The number of methoxy groups -OCH3 is 1. The van der Waals surface area contributed by atoms with Crippen LogP contribution < -0.4 is 9.64 Å². The van der Waals surface area contributed by atoms with Gasteiger partial charge in [-0.15, -0.1) is 0 Å². The van der Waals surface area contributed by atoms with E-state index in [1.54, 1.807) is 18.1 Å². The van der Waals surface area contributed by atoms with Gasteiger partial charge in [0.25, 0.3) is 5.69 Å². The van der Waals surface area contributed by atoms with Gasteiger partial charge in [-0.1, -0.05) is 24.1 Å². The van der Waals surface area contributed by atoms with Gasteiger partial charge in [-0.3, -0.25) is 15.0 Å².